The predicted molar refractivity (Wildman–Crippen MR) is 58.7 cm³/mol. The molecule has 2 aromatic heterocycles. The van der Waals surface area contributed by atoms with Crippen LogP contribution in [0.15, 0.2) is 44.1 Å². The lowest BCUT2D eigenvalue weighted by Gasteiger charge is -2.04. The summed E-state index contributed by atoms with van der Waals surface area (Å²) in [5.41, 5.74) is 2.15. The number of imidazole rings is 1. The molecule has 15 heavy (non-hydrogen) atoms. The third-order valence-electron chi connectivity index (χ3n) is 2.02. The SMILES string of the molecule is C=C(C(=C)c1ncc[nH]1)c1cnccn1. The van der Waals surface area contributed by atoms with Crippen molar-refractivity contribution in [2.45, 2.75) is 0 Å². The second-order valence-electron chi connectivity index (χ2n) is 2.99. The molecule has 0 aliphatic carbocycles. The Morgan fingerprint density at radius 2 is 1.93 bits per heavy atom. The summed E-state index contributed by atoms with van der Waals surface area (Å²) < 4.78 is 0. The standard InChI is InChI=1S/C11H10N4/c1-8(10-7-12-3-4-13-10)9(2)11-14-5-6-15-11/h3-7H,1-2H2,(H,14,15). The molecule has 0 amide bonds. The maximum absolute atomic E-state index is 4.15. The molecule has 2 aromatic rings. The fourth-order valence-electron chi connectivity index (χ4n) is 1.18. The molecule has 2 rings (SSSR count). The maximum atomic E-state index is 4.15. The molecule has 0 aromatic carbocycles. The summed E-state index contributed by atoms with van der Waals surface area (Å²) in [4.78, 5) is 15.2. The van der Waals surface area contributed by atoms with Crippen molar-refractivity contribution in [1.29, 1.82) is 0 Å². The summed E-state index contributed by atoms with van der Waals surface area (Å²) in [6.07, 6.45) is 8.30. The maximum Gasteiger partial charge on any atom is 0.137 e. The zero-order valence-corrected chi connectivity index (χ0v) is 8.14. The van der Waals surface area contributed by atoms with E-state index in [4.69, 9.17) is 0 Å². The summed E-state index contributed by atoms with van der Waals surface area (Å²) in [6, 6.07) is 0. The van der Waals surface area contributed by atoms with Crippen LogP contribution in [-0.2, 0) is 0 Å². The summed E-state index contributed by atoms with van der Waals surface area (Å²) in [5, 5.41) is 0. The molecule has 0 atom stereocenters. The molecule has 0 saturated carbocycles. The Morgan fingerprint density at radius 1 is 1.07 bits per heavy atom. The minimum Gasteiger partial charge on any atom is -0.345 e. The third kappa shape index (κ3) is 1.83. The van der Waals surface area contributed by atoms with Gasteiger partial charge in [0, 0.05) is 35.9 Å². The van der Waals surface area contributed by atoms with E-state index in [1.165, 1.54) is 0 Å². The Morgan fingerprint density at radius 3 is 2.53 bits per heavy atom. The van der Waals surface area contributed by atoms with Gasteiger partial charge in [-0.25, -0.2) is 4.98 Å². The molecule has 4 heteroatoms. The van der Waals surface area contributed by atoms with Gasteiger partial charge in [0.1, 0.15) is 5.82 Å². The number of nitrogens with one attached hydrogen (secondary N) is 1. The molecule has 0 unspecified atom stereocenters. The predicted octanol–water partition coefficient (Wildman–Crippen LogP) is 1.93. The highest BCUT2D eigenvalue weighted by molar-refractivity contribution is 6.00. The molecule has 0 bridgehead atoms. The van der Waals surface area contributed by atoms with Crippen molar-refractivity contribution in [3.63, 3.8) is 0 Å². The van der Waals surface area contributed by atoms with Crippen molar-refractivity contribution >= 4 is 11.1 Å². The second kappa shape index (κ2) is 3.88. The average molecular weight is 198 g/mol. The van der Waals surface area contributed by atoms with Gasteiger partial charge in [0.15, 0.2) is 0 Å². The van der Waals surface area contributed by atoms with Crippen LogP contribution in [-0.4, -0.2) is 19.9 Å². The molecule has 74 valence electrons. The van der Waals surface area contributed by atoms with Gasteiger partial charge >= 0.3 is 0 Å². The van der Waals surface area contributed by atoms with Gasteiger partial charge in [-0.15, -0.1) is 0 Å². The Balaban J connectivity index is 2.27. The van der Waals surface area contributed by atoms with Crippen molar-refractivity contribution in [1.82, 2.24) is 19.9 Å². The lowest BCUT2D eigenvalue weighted by Crippen LogP contribution is -1.93. The van der Waals surface area contributed by atoms with E-state index in [2.05, 4.69) is 33.1 Å². The van der Waals surface area contributed by atoms with Crippen LogP contribution >= 0.6 is 0 Å². The van der Waals surface area contributed by atoms with E-state index < -0.39 is 0 Å². The van der Waals surface area contributed by atoms with Gasteiger partial charge in [-0.3, -0.25) is 9.97 Å². The van der Waals surface area contributed by atoms with Gasteiger partial charge in [0.25, 0.3) is 0 Å². The number of aromatic nitrogens is 4. The number of allylic oxidation sites excluding steroid dienone is 2. The Bertz CT molecular complexity index is 471. The molecule has 0 aliphatic rings. The fraction of sp³-hybridized carbons (Fsp3) is 0. The molecule has 0 saturated heterocycles. The number of rotatable bonds is 3. The summed E-state index contributed by atoms with van der Waals surface area (Å²) in [7, 11) is 0. The van der Waals surface area contributed by atoms with Gasteiger partial charge in [-0.2, -0.15) is 0 Å². The Hall–Kier alpha value is -2.23. The van der Waals surface area contributed by atoms with E-state index >= 15 is 0 Å². The number of aromatic amines is 1. The Labute approximate surface area is 87.4 Å². The number of hydrogen-bond donors (Lipinski definition) is 1. The molecule has 4 nitrogen and oxygen atoms in total. The Kier molecular flexibility index (Phi) is 2.41. The highest BCUT2D eigenvalue weighted by atomic mass is 14.9. The van der Waals surface area contributed by atoms with Crippen LogP contribution < -0.4 is 0 Å². The van der Waals surface area contributed by atoms with Crippen LogP contribution in [0.4, 0.5) is 0 Å². The number of H-pyrrole nitrogens is 1. The second-order valence-corrected chi connectivity index (χ2v) is 2.99. The molecule has 0 radical (unpaired) electrons. The largest absolute Gasteiger partial charge is 0.345 e. The van der Waals surface area contributed by atoms with E-state index in [1.54, 1.807) is 31.0 Å². The minimum atomic E-state index is 0.700. The smallest absolute Gasteiger partial charge is 0.137 e. The first-order chi connectivity index (χ1) is 7.29. The number of nitrogens with zero attached hydrogens (tertiary/aromatic N) is 3. The van der Waals surface area contributed by atoms with E-state index in [9.17, 15) is 0 Å². The molecule has 1 N–H and O–H groups in total. The van der Waals surface area contributed by atoms with Crippen molar-refractivity contribution in [3.8, 4) is 0 Å². The highest BCUT2D eigenvalue weighted by Crippen LogP contribution is 2.23. The first kappa shape index (κ1) is 9.33. The van der Waals surface area contributed by atoms with Crippen molar-refractivity contribution in [2.75, 3.05) is 0 Å². The molecule has 2 heterocycles. The lowest BCUT2D eigenvalue weighted by molar-refractivity contribution is 1.17. The topological polar surface area (TPSA) is 54.5 Å². The summed E-state index contributed by atoms with van der Waals surface area (Å²) in [6.45, 7) is 7.83. The van der Waals surface area contributed by atoms with Crippen LogP contribution in [0.2, 0.25) is 0 Å². The zero-order valence-electron chi connectivity index (χ0n) is 8.14. The van der Waals surface area contributed by atoms with E-state index in [0.717, 1.165) is 11.1 Å². The van der Waals surface area contributed by atoms with E-state index in [-0.39, 0.29) is 0 Å². The van der Waals surface area contributed by atoms with E-state index in [0.29, 0.717) is 11.5 Å². The third-order valence-corrected chi connectivity index (χ3v) is 2.02. The normalized spacial score (nSPS) is 9.87. The molecule has 0 fully saturated rings. The van der Waals surface area contributed by atoms with E-state index in [1.807, 2.05) is 0 Å². The van der Waals surface area contributed by atoms with Crippen molar-refractivity contribution < 1.29 is 0 Å². The quantitative estimate of drug-likeness (QED) is 0.766. The van der Waals surface area contributed by atoms with Gasteiger partial charge in [0.05, 0.1) is 11.9 Å². The first-order valence-corrected chi connectivity index (χ1v) is 4.43. The molecule has 0 spiro atoms. The van der Waals surface area contributed by atoms with Crippen LogP contribution in [0.5, 0.6) is 0 Å². The minimum absolute atomic E-state index is 0.700. The van der Waals surface area contributed by atoms with Crippen LogP contribution in [0.25, 0.3) is 11.1 Å². The van der Waals surface area contributed by atoms with Crippen molar-refractivity contribution in [3.05, 3.63) is 55.7 Å². The molecular formula is C11H10N4. The number of hydrogen-bond acceptors (Lipinski definition) is 3. The highest BCUT2D eigenvalue weighted by Gasteiger charge is 2.08. The van der Waals surface area contributed by atoms with Crippen LogP contribution in [0, 0.1) is 0 Å². The monoisotopic (exact) mass is 198 g/mol. The molecular weight excluding hydrogens is 188 g/mol. The van der Waals surface area contributed by atoms with Gasteiger partial charge in [0.2, 0.25) is 0 Å². The van der Waals surface area contributed by atoms with Crippen molar-refractivity contribution in [2.24, 2.45) is 0 Å². The zero-order chi connectivity index (χ0) is 10.7. The fourth-order valence-corrected chi connectivity index (χ4v) is 1.18. The van der Waals surface area contributed by atoms with Crippen LogP contribution in [0.3, 0.4) is 0 Å². The lowest BCUT2D eigenvalue weighted by atomic mass is 10.1. The van der Waals surface area contributed by atoms with Gasteiger partial charge in [-0.1, -0.05) is 13.2 Å². The summed E-state index contributed by atoms with van der Waals surface area (Å²) >= 11 is 0. The van der Waals surface area contributed by atoms with Gasteiger partial charge < -0.3 is 4.98 Å². The summed E-state index contributed by atoms with van der Waals surface area (Å²) in [5.74, 6) is 0.700. The average Bonchev–Trinajstić information content (AvgIpc) is 2.82. The first-order valence-electron chi connectivity index (χ1n) is 4.43. The van der Waals surface area contributed by atoms with Crippen LogP contribution in [0.1, 0.15) is 11.5 Å². The van der Waals surface area contributed by atoms with Gasteiger partial charge in [-0.05, 0) is 0 Å². The molecule has 0 aliphatic heterocycles.